The summed E-state index contributed by atoms with van der Waals surface area (Å²) in [6.07, 6.45) is 2.91. The van der Waals surface area contributed by atoms with Gasteiger partial charge in [0.15, 0.2) is 5.69 Å². The van der Waals surface area contributed by atoms with Crippen LogP contribution in [0.5, 0.6) is 0 Å². The van der Waals surface area contributed by atoms with Crippen molar-refractivity contribution < 1.29 is 13.2 Å². The van der Waals surface area contributed by atoms with Gasteiger partial charge in [-0.05, 0) is 33.1 Å². The number of hydrogen-bond donors (Lipinski definition) is 2. The smallest absolute Gasteiger partial charge is 0.276 e. The Morgan fingerprint density at radius 1 is 1.47 bits per heavy atom. The van der Waals surface area contributed by atoms with Gasteiger partial charge in [-0.3, -0.25) is 9.89 Å². The second-order valence-corrected chi connectivity index (χ2v) is 6.41. The third kappa shape index (κ3) is 2.64. The number of likely N-dealkylation sites (tertiary alicyclic amines) is 1. The molecule has 0 bridgehead atoms. The number of aryl methyl sites for hydroxylation is 1. The molecule has 0 spiro atoms. The van der Waals surface area contributed by atoms with Crippen molar-refractivity contribution in [1.82, 2.24) is 15.1 Å². The summed E-state index contributed by atoms with van der Waals surface area (Å²) in [5, 5.41) is 11.5. The van der Waals surface area contributed by atoms with Gasteiger partial charge in [-0.2, -0.15) is 5.10 Å². The van der Waals surface area contributed by atoms with Gasteiger partial charge in [0.05, 0.1) is 5.69 Å². The summed E-state index contributed by atoms with van der Waals surface area (Å²) in [5.41, 5.74) is 0.185. The fourth-order valence-corrected chi connectivity index (χ4v) is 3.32. The zero-order chi connectivity index (χ0) is 14.2. The fraction of sp³-hybridized carbons (Fsp3) is 0.636. The zero-order valence-corrected chi connectivity index (χ0v) is 11.8. The number of nitrogens with one attached hydrogen (secondary N) is 1. The summed E-state index contributed by atoms with van der Waals surface area (Å²) < 4.78 is 23.1. The average Bonchev–Trinajstić information content (AvgIpc) is 2.70. The summed E-state index contributed by atoms with van der Waals surface area (Å²) >= 11 is 0. The van der Waals surface area contributed by atoms with Gasteiger partial charge in [-0.25, -0.2) is 13.6 Å². The van der Waals surface area contributed by atoms with E-state index in [-0.39, 0.29) is 28.2 Å². The van der Waals surface area contributed by atoms with Crippen molar-refractivity contribution in [3.8, 4) is 0 Å². The second kappa shape index (κ2) is 4.93. The van der Waals surface area contributed by atoms with Gasteiger partial charge in [-0.15, -0.1) is 0 Å². The standard InChI is InChI=1S/C11H18N4O3S/c1-7-5-3-4-6-15(7)11(16)9-10(19(12,17)18)8(2)13-14-9/h7H,3-6H2,1-2H3,(H,13,14)(H2,12,17,18). The maximum atomic E-state index is 12.4. The van der Waals surface area contributed by atoms with Crippen LogP contribution in [0.15, 0.2) is 4.90 Å². The van der Waals surface area contributed by atoms with E-state index in [1.54, 1.807) is 4.90 Å². The summed E-state index contributed by atoms with van der Waals surface area (Å²) in [6, 6.07) is 0.0894. The Kier molecular flexibility index (Phi) is 3.64. The topological polar surface area (TPSA) is 109 Å². The van der Waals surface area contributed by atoms with E-state index in [9.17, 15) is 13.2 Å². The Morgan fingerprint density at radius 2 is 2.16 bits per heavy atom. The van der Waals surface area contributed by atoms with Gasteiger partial charge in [0, 0.05) is 12.6 Å². The number of carbonyl (C=O) groups excluding carboxylic acids is 1. The van der Waals surface area contributed by atoms with Gasteiger partial charge in [-0.1, -0.05) is 0 Å². The van der Waals surface area contributed by atoms with Crippen LogP contribution in [-0.2, 0) is 10.0 Å². The van der Waals surface area contributed by atoms with Gasteiger partial charge < -0.3 is 4.90 Å². The van der Waals surface area contributed by atoms with Gasteiger partial charge in [0.1, 0.15) is 4.90 Å². The van der Waals surface area contributed by atoms with Gasteiger partial charge in [0.25, 0.3) is 5.91 Å². The van der Waals surface area contributed by atoms with Crippen LogP contribution in [0.4, 0.5) is 0 Å². The molecule has 1 fully saturated rings. The Morgan fingerprint density at radius 3 is 2.74 bits per heavy atom. The third-order valence-corrected chi connectivity index (χ3v) is 4.51. The lowest BCUT2D eigenvalue weighted by Gasteiger charge is -2.33. The largest absolute Gasteiger partial charge is 0.335 e. The molecule has 1 aliphatic heterocycles. The number of aromatic amines is 1. The molecular formula is C11H18N4O3S. The number of nitrogens with zero attached hydrogens (tertiary/aromatic N) is 2. The normalized spacial score (nSPS) is 20.6. The first kappa shape index (κ1) is 14.0. The number of carbonyl (C=O) groups is 1. The Bertz CT molecular complexity index is 593. The number of sulfonamides is 1. The lowest BCUT2D eigenvalue weighted by atomic mass is 10.0. The van der Waals surface area contributed by atoms with E-state index in [1.165, 1.54) is 6.92 Å². The van der Waals surface area contributed by atoms with Crippen LogP contribution in [0, 0.1) is 6.92 Å². The Hall–Kier alpha value is -1.41. The number of piperidine rings is 1. The predicted octanol–water partition coefficient (Wildman–Crippen LogP) is 0.380. The molecule has 0 saturated carbocycles. The maximum Gasteiger partial charge on any atom is 0.276 e. The number of primary sulfonamides is 1. The van der Waals surface area contributed by atoms with Crippen molar-refractivity contribution in [2.24, 2.45) is 5.14 Å². The highest BCUT2D eigenvalue weighted by Gasteiger charge is 2.31. The van der Waals surface area contributed by atoms with Gasteiger partial charge >= 0.3 is 0 Å². The molecule has 0 radical (unpaired) electrons. The third-order valence-electron chi connectivity index (χ3n) is 3.44. The molecule has 1 unspecified atom stereocenters. The first-order valence-electron chi connectivity index (χ1n) is 6.21. The van der Waals surface area contributed by atoms with Crippen LogP contribution in [0.1, 0.15) is 42.4 Å². The zero-order valence-electron chi connectivity index (χ0n) is 11.0. The molecule has 3 N–H and O–H groups in total. The highest BCUT2D eigenvalue weighted by Crippen LogP contribution is 2.22. The SMILES string of the molecule is Cc1[nH]nc(C(=O)N2CCCCC2C)c1S(N)(=O)=O. The van der Waals surface area contributed by atoms with Gasteiger partial charge in [0.2, 0.25) is 10.0 Å². The van der Waals surface area contributed by atoms with Crippen molar-refractivity contribution in [1.29, 1.82) is 0 Å². The molecule has 2 heterocycles. The molecule has 1 saturated heterocycles. The molecule has 2 rings (SSSR count). The minimum Gasteiger partial charge on any atom is -0.335 e. The monoisotopic (exact) mass is 286 g/mol. The summed E-state index contributed by atoms with van der Waals surface area (Å²) in [4.78, 5) is 13.9. The first-order valence-corrected chi connectivity index (χ1v) is 7.75. The Labute approximate surface area is 112 Å². The lowest BCUT2D eigenvalue weighted by molar-refractivity contribution is 0.0625. The molecule has 1 aromatic rings. The molecule has 1 amide bonds. The molecule has 0 aromatic carbocycles. The molecule has 8 heteroatoms. The van der Waals surface area contributed by atoms with Crippen LogP contribution < -0.4 is 5.14 Å². The number of nitrogens with two attached hydrogens (primary N) is 1. The maximum absolute atomic E-state index is 12.4. The number of H-pyrrole nitrogens is 1. The highest BCUT2D eigenvalue weighted by atomic mass is 32.2. The fourth-order valence-electron chi connectivity index (χ4n) is 2.45. The van der Waals surface area contributed by atoms with Crippen molar-refractivity contribution in [2.75, 3.05) is 6.54 Å². The molecule has 1 aliphatic rings. The van der Waals surface area contributed by atoms with E-state index in [0.29, 0.717) is 6.54 Å². The van der Waals surface area contributed by atoms with E-state index < -0.39 is 10.0 Å². The number of hydrogen-bond acceptors (Lipinski definition) is 4. The average molecular weight is 286 g/mol. The van der Waals surface area contributed by atoms with E-state index >= 15 is 0 Å². The molecular weight excluding hydrogens is 268 g/mol. The quantitative estimate of drug-likeness (QED) is 0.819. The van der Waals surface area contributed by atoms with Crippen LogP contribution in [0.2, 0.25) is 0 Å². The minimum atomic E-state index is -3.96. The number of amides is 1. The van der Waals surface area contributed by atoms with Crippen molar-refractivity contribution in [3.63, 3.8) is 0 Å². The summed E-state index contributed by atoms with van der Waals surface area (Å²) in [7, 11) is -3.96. The minimum absolute atomic E-state index is 0.0894. The molecule has 1 aromatic heterocycles. The van der Waals surface area contributed by atoms with Crippen molar-refractivity contribution in [3.05, 3.63) is 11.4 Å². The Balaban J connectivity index is 2.40. The van der Waals surface area contributed by atoms with E-state index in [0.717, 1.165) is 19.3 Å². The van der Waals surface area contributed by atoms with E-state index in [4.69, 9.17) is 5.14 Å². The van der Waals surface area contributed by atoms with Crippen LogP contribution in [-0.4, -0.2) is 42.0 Å². The van der Waals surface area contributed by atoms with E-state index in [2.05, 4.69) is 10.2 Å². The molecule has 19 heavy (non-hydrogen) atoms. The van der Waals surface area contributed by atoms with Crippen LogP contribution in [0.3, 0.4) is 0 Å². The predicted molar refractivity (Wildman–Crippen MR) is 69.0 cm³/mol. The van der Waals surface area contributed by atoms with Crippen LogP contribution in [0.25, 0.3) is 0 Å². The van der Waals surface area contributed by atoms with Crippen molar-refractivity contribution >= 4 is 15.9 Å². The highest BCUT2D eigenvalue weighted by molar-refractivity contribution is 7.89. The summed E-state index contributed by atoms with van der Waals surface area (Å²) in [5.74, 6) is -0.374. The molecule has 1 atom stereocenters. The number of aromatic nitrogens is 2. The second-order valence-electron chi connectivity index (χ2n) is 4.91. The molecule has 0 aliphatic carbocycles. The lowest BCUT2D eigenvalue weighted by Crippen LogP contribution is -2.42. The first-order chi connectivity index (χ1) is 8.82. The van der Waals surface area contributed by atoms with Crippen molar-refractivity contribution in [2.45, 2.75) is 44.0 Å². The van der Waals surface area contributed by atoms with E-state index in [1.807, 2.05) is 6.92 Å². The number of rotatable bonds is 2. The molecule has 106 valence electrons. The van der Waals surface area contributed by atoms with Crippen LogP contribution >= 0.6 is 0 Å². The summed E-state index contributed by atoms with van der Waals surface area (Å²) in [6.45, 7) is 4.10. The molecule has 7 nitrogen and oxygen atoms in total.